The maximum atomic E-state index is 13.2. The number of unbranched alkanes of at least 4 members (excludes halogenated alkanes) is 1. The summed E-state index contributed by atoms with van der Waals surface area (Å²) in [6.07, 6.45) is 5.34. The minimum atomic E-state index is -4.45. The summed E-state index contributed by atoms with van der Waals surface area (Å²) in [7, 11) is 0. The molecule has 0 spiro atoms. The molecule has 1 aliphatic rings. The molecule has 5 rings (SSSR count). The number of aliphatic imine (C=N–C) groups is 1. The fraction of sp³-hybridized carbons (Fsp3) is 0.353. The zero-order chi connectivity index (χ0) is 32.7. The summed E-state index contributed by atoms with van der Waals surface area (Å²) in [6, 6.07) is 10.3. The molecular weight excluding hydrogens is 632 g/mol. The highest BCUT2D eigenvalue weighted by molar-refractivity contribution is 7.99. The van der Waals surface area contributed by atoms with Crippen LogP contribution in [0.2, 0.25) is 0 Å². The van der Waals surface area contributed by atoms with Gasteiger partial charge < -0.3 is 15.0 Å². The van der Waals surface area contributed by atoms with E-state index in [-0.39, 0.29) is 17.6 Å². The van der Waals surface area contributed by atoms with Crippen LogP contribution in [0.25, 0.3) is 10.2 Å². The molecule has 4 aromatic rings. The summed E-state index contributed by atoms with van der Waals surface area (Å²) < 4.78 is 46.9. The van der Waals surface area contributed by atoms with Crippen LogP contribution in [0.5, 0.6) is 11.5 Å². The topological polar surface area (TPSA) is 79.7 Å². The number of halogens is 3. The number of hydrogen-bond acceptors (Lipinski definition) is 7. The summed E-state index contributed by atoms with van der Waals surface area (Å²) in [5.41, 5.74) is 1.20. The number of hydrogen-bond donors (Lipinski definition) is 1. The Hall–Kier alpha value is -3.90. The van der Waals surface area contributed by atoms with E-state index in [4.69, 9.17) is 9.73 Å². The Morgan fingerprint density at radius 3 is 2.61 bits per heavy atom. The molecule has 3 aromatic heterocycles. The highest BCUT2D eigenvalue weighted by Gasteiger charge is 2.30. The first-order valence-electron chi connectivity index (χ1n) is 15.3. The van der Waals surface area contributed by atoms with Crippen LogP contribution in [-0.4, -0.2) is 39.7 Å². The van der Waals surface area contributed by atoms with Crippen LogP contribution in [0.1, 0.15) is 58.4 Å². The molecule has 1 saturated heterocycles. The van der Waals surface area contributed by atoms with Crippen LogP contribution in [0, 0.1) is 5.92 Å². The van der Waals surface area contributed by atoms with Gasteiger partial charge in [-0.25, -0.2) is 9.98 Å². The van der Waals surface area contributed by atoms with Gasteiger partial charge in [-0.15, -0.1) is 11.3 Å². The van der Waals surface area contributed by atoms with Gasteiger partial charge >= 0.3 is 6.18 Å². The largest absolute Gasteiger partial charge is 0.453 e. The fourth-order valence-corrected chi connectivity index (χ4v) is 7.11. The molecule has 242 valence electrons. The molecule has 12 heteroatoms. The number of allylic oxidation sites excluding steroid dienone is 2. The molecule has 4 heterocycles. The summed E-state index contributed by atoms with van der Waals surface area (Å²) in [6.45, 7) is 7.12. The number of nitrogens with one attached hydrogen (secondary N) is 1. The molecule has 0 unspecified atom stereocenters. The molecule has 0 aliphatic carbocycles. The summed E-state index contributed by atoms with van der Waals surface area (Å²) in [5.74, 6) is 1.97. The van der Waals surface area contributed by atoms with E-state index in [0.29, 0.717) is 31.1 Å². The molecule has 1 amide bonds. The van der Waals surface area contributed by atoms with Crippen LogP contribution >= 0.6 is 23.1 Å². The Morgan fingerprint density at radius 2 is 1.93 bits per heavy atom. The maximum absolute atomic E-state index is 13.2. The first-order chi connectivity index (χ1) is 22.1. The van der Waals surface area contributed by atoms with Crippen molar-refractivity contribution in [2.45, 2.75) is 68.8 Å². The minimum Gasteiger partial charge on any atom is -0.453 e. The normalized spacial score (nSPS) is 15.0. The number of amides is 1. The van der Waals surface area contributed by atoms with Gasteiger partial charge in [0, 0.05) is 66.3 Å². The number of likely N-dealkylation sites (tertiary alicyclic amines) is 1. The molecule has 1 fully saturated rings. The van der Waals surface area contributed by atoms with Crippen LogP contribution in [0.4, 0.5) is 19.0 Å². The van der Waals surface area contributed by atoms with E-state index in [2.05, 4.69) is 28.3 Å². The third-order valence-electron chi connectivity index (χ3n) is 7.74. The zero-order valence-electron chi connectivity index (χ0n) is 25.9. The van der Waals surface area contributed by atoms with Crippen molar-refractivity contribution in [2.24, 2.45) is 10.9 Å². The predicted octanol–water partition coefficient (Wildman–Crippen LogP) is 9.63. The maximum Gasteiger partial charge on any atom is 0.416 e. The molecule has 0 radical (unpaired) electrons. The number of amidine groups is 1. The standard InChI is InChI=1S/C34H36F3N5O2S2/c1-4-6-7-31(40-27(5-2)23-13-17-42(18-14-23)22(3)43)41-33-29(44-25-10-8-24(9-11-25)34(35,36)37)20-26(21-39-33)46-30-12-16-38-28-15-19-45-32(28)30/h5,8-12,15-16,19-21,23H,4,6-7,13-14,17-18H2,1-3H3,(H,39,40,41)/b27-5-. The van der Waals surface area contributed by atoms with Crippen molar-refractivity contribution in [3.63, 3.8) is 0 Å². The van der Waals surface area contributed by atoms with Crippen molar-refractivity contribution in [2.75, 3.05) is 13.1 Å². The third kappa shape index (κ3) is 8.47. The van der Waals surface area contributed by atoms with Crippen LogP contribution in [-0.2, 0) is 11.0 Å². The zero-order valence-corrected chi connectivity index (χ0v) is 27.6. The van der Waals surface area contributed by atoms with Crippen molar-refractivity contribution in [3.8, 4) is 11.5 Å². The van der Waals surface area contributed by atoms with Gasteiger partial charge in [0.05, 0.1) is 15.8 Å². The SMILES string of the molecule is C/C=C(\N/C(CCCC)=N/c1ncc(Sc2ccnc3ccsc23)cc1Oc1ccc(C(F)(F)F)cc1)C1CCN(C(C)=O)CC1. The van der Waals surface area contributed by atoms with Gasteiger partial charge in [0.2, 0.25) is 5.91 Å². The summed E-state index contributed by atoms with van der Waals surface area (Å²) >= 11 is 3.11. The van der Waals surface area contributed by atoms with E-state index in [1.165, 1.54) is 23.9 Å². The smallest absolute Gasteiger partial charge is 0.416 e. The number of aromatic nitrogens is 2. The first-order valence-corrected chi connectivity index (χ1v) is 17.0. The van der Waals surface area contributed by atoms with Gasteiger partial charge in [0.1, 0.15) is 11.6 Å². The number of alkyl halides is 3. The quantitative estimate of drug-likeness (QED) is 0.134. The van der Waals surface area contributed by atoms with Crippen LogP contribution in [0.3, 0.4) is 0 Å². The van der Waals surface area contributed by atoms with Gasteiger partial charge in [-0.2, -0.15) is 13.2 Å². The van der Waals surface area contributed by atoms with Crippen molar-refractivity contribution in [1.82, 2.24) is 20.2 Å². The Kier molecular flexibility index (Phi) is 11.0. The number of fused-ring (bicyclic) bond motifs is 1. The van der Waals surface area contributed by atoms with E-state index in [1.807, 2.05) is 35.4 Å². The minimum absolute atomic E-state index is 0.0932. The second-order valence-electron chi connectivity index (χ2n) is 11.0. The predicted molar refractivity (Wildman–Crippen MR) is 178 cm³/mol. The highest BCUT2D eigenvalue weighted by Crippen LogP contribution is 2.40. The molecule has 46 heavy (non-hydrogen) atoms. The van der Waals surface area contributed by atoms with E-state index in [0.717, 1.165) is 69.4 Å². The number of benzene rings is 1. The lowest BCUT2D eigenvalue weighted by atomic mass is 9.93. The lowest BCUT2D eigenvalue weighted by molar-refractivity contribution is -0.137. The molecule has 0 saturated carbocycles. The number of carbonyl (C=O) groups excluding carboxylic acids is 1. The summed E-state index contributed by atoms with van der Waals surface area (Å²) in [5, 5.41) is 5.56. The first kappa shape index (κ1) is 33.5. The number of thiophene rings is 1. The number of piperidine rings is 1. The number of ether oxygens (including phenoxy) is 1. The Morgan fingerprint density at radius 1 is 1.17 bits per heavy atom. The van der Waals surface area contributed by atoms with Crippen molar-refractivity contribution in [1.29, 1.82) is 0 Å². The summed E-state index contributed by atoms with van der Waals surface area (Å²) in [4.78, 5) is 29.6. The molecular formula is C34H36F3N5O2S2. The fourth-order valence-electron chi connectivity index (χ4n) is 5.23. The Balaban J connectivity index is 1.46. The van der Waals surface area contributed by atoms with Gasteiger partial charge in [0.15, 0.2) is 11.6 Å². The number of nitrogens with zero attached hydrogens (tertiary/aromatic N) is 4. The monoisotopic (exact) mass is 667 g/mol. The number of carbonyl (C=O) groups is 1. The molecule has 1 N–H and O–H groups in total. The molecule has 1 aromatic carbocycles. The second kappa shape index (κ2) is 15.1. The highest BCUT2D eigenvalue weighted by atomic mass is 32.2. The van der Waals surface area contributed by atoms with E-state index < -0.39 is 11.7 Å². The molecule has 0 atom stereocenters. The third-order valence-corrected chi connectivity index (χ3v) is 9.83. The average molecular weight is 668 g/mol. The van der Waals surface area contributed by atoms with E-state index in [9.17, 15) is 18.0 Å². The van der Waals surface area contributed by atoms with Crippen molar-refractivity contribution >= 4 is 50.9 Å². The molecule has 0 bridgehead atoms. The van der Waals surface area contributed by atoms with Crippen molar-refractivity contribution < 1.29 is 22.7 Å². The van der Waals surface area contributed by atoms with Crippen LogP contribution < -0.4 is 10.1 Å². The lowest BCUT2D eigenvalue weighted by Crippen LogP contribution is -2.39. The lowest BCUT2D eigenvalue weighted by Gasteiger charge is -2.33. The Bertz CT molecular complexity index is 1710. The van der Waals surface area contributed by atoms with Gasteiger partial charge in [-0.3, -0.25) is 9.78 Å². The molecule has 1 aliphatic heterocycles. The molecule has 7 nitrogen and oxygen atoms in total. The van der Waals surface area contributed by atoms with Crippen LogP contribution in [0.15, 0.2) is 86.8 Å². The van der Waals surface area contributed by atoms with E-state index >= 15 is 0 Å². The Labute approximate surface area is 275 Å². The second-order valence-corrected chi connectivity index (χ2v) is 13.0. The number of rotatable bonds is 10. The van der Waals surface area contributed by atoms with Crippen molar-refractivity contribution in [3.05, 3.63) is 77.6 Å². The van der Waals surface area contributed by atoms with Gasteiger partial charge in [-0.1, -0.05) is 31.2 Å². The van der Waals surface area contributed by atoms with Gasteiger partial charge in [0.25, 0.3) is 0 Å². The number of pyridine rings is 2. The average Bonchev–Trinajstić information content (AvgIpc) is 3.53. The van der Waals surface area contributed by atoms with E-state index in [1.54, 1.807) is 30.7 Å². The van der Waals surface area contributed by atoms with Gasteiger partial charge in [-0.05, 0) is 68.0 Å².